The standard InChI is InChI=1S/C13H16ClFN2O2.ClH/c14-8-3-1-4-9(15)12(8)11(18)7-17-13(19)10-5-2-6-16-10;/h1,3-4,10-11,16,18H,2,5-7H2,(H,17,19);1H. The summed E-state index contributed by atoms with van der Waals surface area (Å²) in [6.45, 7) is 0.761. The van der Waals surface area contributed by atoms with Gasteiger partial charge in [-0.1, -0.05) is 17.7 Å². The summed E-state index contributed by atoms with van der Waals surface area (Å²) in [4.78, 5) is 11.7. The highest BCUT2D eigenvalue weighted by Crippen LogP contribution is 2.25. The molecule has 7 heteroatoms. The summed E-state index contributed by atoms with van der Waals surface area (Å²) < 4.78 is 13.6. The molecule has 0 aromatic heterocycles. The Hall–Kier alpha value is -0.880. The first kappa shape index (κ1) is 17.2. The molecule has 1 aromatic carbocycles. The summed E-state index contributed by atoms with van der Waals surface area (Å²) in [7, 11) is 0. The van der Waals surface area contributed by atoms with Gasteiger partial charge in [-0.05, 0) is 31.5 Å². The lowest BCUT2D eigenvalue weighted by molar-refractivity contribution is -0.123. The van der Waals surface area contributed by atoms with Crippen LogP contribution in [0.3, 0.4) is 0 Å². The number of rotatable bonds is 4. The second-order valence-corrected chi connectivity index (χ2v) is 4.95. The van der Waals surface area contributed by atoms with Crippen LogP contribution >= 0.6 is 24.0 Å². The molecule has 112 valence electrons. The first-order chi connectivity index (χ1) is 9.09. The van der Waals surface area contributed by atoms with E-state index >= 15 is 0 Å². The second kappa shape index (κ2) is 7.78. The van der Waals surface area contributed by atoms with E-state index in [-0.39, 0.29) is 41.5 Å². The Balaban J connectivity index is 0.00000200. The molecule has 1 aliphatic heterocycles. The van der Waals surface area contributed by atoms with Gasteiger partial charge in [0.15, 0.2) is 0 Å². The van der Waals surface area contributed by atoms with Gasteiger partial charge in [-0.2, -0.15) is 0 Å². The van der Waals surface area contributed by atoms with Crippen LogP contribution in [-0.2, 0) is 4.79 Å². The number of halogens is 3. The maximum absolute atomic E-state index is 13.6. The average Bonchev–Trinajstić information content (AvgIpc) is 2.89. The smallest absolute Gasteiger partial charge is 0.237 e. The molecule has 1 aliphatic rings. The van der Waals surface area contributed by atoms with Crippen LogP contribution in [0.15, 0.2) is 18.2 Å². The summed E-state index contributed by atoms with van der Waals surface area (Å²) in [6, 6.07) is 3.98. The summed E-state index contributed by atoms with van der Waals surface area (Å²) in [5.74, 6) is -0.753. The van der Waals surface area contributed by atoms with Gasteiger partial charge in [0.05, 0.1) is 6.04 Å². The molecule has 0 bridgehead atoms. The Labute approximate surface area is 128 Å². The Morgan fingerprint density at radius 1 is 1.60 bits per heavy atom. The van der Waals surface area contributed by atoms with Crippen molar-refractivity contribution in [3.05, 3.63) is 34.6 Å². The molecule has 3 N–H and O–H groups in total. The van der Waals surface area contributed by atoms with Crippen LogP contribution < -0.4 is 10.6 Å². The minimum atomic E-state index is -1.15. The van der Waals surface area contributed by atoms with Gasteiger partial charge < -0.3 is 15.7 Å². The van der Waals surface area contributed by atoms with Gasteiger partial charge >= 0.3 is 0 Å². The van der Waals surface area contributed by atoms with Crippen molar-refractivity contribution in [2.45, 2.75) is 25.0 Å². The number of amides is 1. The van der Waals surface area contributed by atoms with E-state index in [0.717, 1.165) is 19.4 Å². The number of benzene rings is 1. The van der Waals surface area contributed by atoms with E-state index in [1.165, 1.54) is 18.2 Å². The third-order valence-electron chi connectivity index (χ3n) is 3.18. The zero-order valence-corrected chi connectivity index (χ0v) is 12.3. The van der Waals surface area contributed by atoms with Crippen molar-refractivity contribution in [1.29, 1.82) is 0 Å². The van der Waals surface area contributed by atoms with Gasteiger partial charge in [-0.3, -0.25) is 4.79 Å². The number of carbonyl (C=O) groups is 1. The predicted molar refractivity (Wildman–Crippen MR) is 77.7 cm³/mol. The largest absolute Gasteiger partial charge is 0.386 e. The number of aliphatic hydroxyl groups excluding tert-OH is 1. The summed E-state index contributed by atoms with van der Waals surface area (Å²) in [5.41, 5.74) is 0.0175. The molecule has 0 saturated carbocycles. The number of hydrogen-bond donors (Lipinski definition) is 3. The van der Waals surface area contributed by atoms with Crippen molar-refractivity contribution >= 4 is 29.9 Å². The highest BCUT2D eigenvalue weighted by molar-refractivity contribution is 6.31. The van der Waals surface area contributed by atoms with Crippen LogP contribution in [-0.4, -0.2) is 30.1 Å². The minimum absolute atomic E-state index is 0. The van der Waals surface area contributed by atoms with Gasteiger partial charge in [-0.25, -0.2) is 4.39 Å². The molecule has 1 amide bonds. The third kappa shape index (κ3) is 4.06. The lowest BCUT2D eigenvalue weighted by atomic mass is 10.1. The second-order valence-electron chi connectivity index (χ2n) is 4.55. The SMILES string of the molecule is Cl.O=C(NCC(O)c1c(F)cccc1Cl)C1CCCN1. The Morgan fingerprint density at radius 3 is 2.95 bits per heavy atom. The van der Waals surface area contributed by atoms with E-state index < -0.39 is 11.9 Å². The summed E-state index contributed by atoms with van der Waals surface area (Å²) in [6.07, 6.45) is 0.585. The average molecular weight is 323 g/mol. The third-order valence-corrected chi connectivity index (χ3v) is 3.51. The van der Waals surface area contributed by atoms with E-state index in [9.17, 15) is 14.3 Å². The predicted octanol–water partition coefficient (Wildman–Crippen LogP) is 1.80. The lowest BCUT2D eigenvalue weighted by Gasteiger charge is -2.16. The molecule has 0 spiro atoms. The highest BCUT2D eigenvalue weighted by atomic mass is 35.5. The van der Waals surface area contributed by atoms with Crippen LogP contribution in [0.5, 0.6) is 0 Å². The zero-order valence-electron chi connectivity index (χ0n) is 10.7. The van der Waals surface area contributed by atoms with Crippen molar-refractivity contribution in [2.75, 3.05) is 13.1 Å². The number of carbonyl (C=O) groups excluding carboxylic acids is 1. The lowest BCUT2D eigenvalue weighted by Crippen LogP contribution is -2.42. The van der Waals surface area contributed by atoms with Crippen molar-refractivity contribution in [3.8, 4) is 0 Å². The van der Waals surface area contributed by atoms with E-state index in [4.69, 9.17) is 11.6 Å². The van der Waals surface area contributed by atoms with Crippen LogP contribution in [0.4, 0.5) is 4.39 Å². The van der Waals surface area contributed by atoms with Crippen LogP contribution in [0, 0.1) is 5.82 Å². The molecule has 2 unspecified atom stereocenters. The van der Waals surface area contributed by atoms with Gasteiger partial charge in [0.25, 0.3) is 0 Å². The van der Waals surface area contributed by atoms with E-state index in [2.05, 4.69) is 10.6 Å². The molecule has 4 nitrogen and oxygen atoms in total. The molecule has 1 fully saturated rings. The topological polar surface area (TPSA) is 61.4 Å². The van der Waals surface area contributed by atoms with E-state index in [0.29, 0.717) is 0 Å². The fraction of sp³-hybridized carbons (Fsp3) is 0.462. The quantitative estimate of drug-likeness (QED) is 0.792. The molecule has 2 rings (SSSR count). The van der Waals surface area contributed by atoms with E-state index in [1.807, 2.05) is 0 Å². The first-order valence-corrected chi connectivity index (χ1v) is 6.60. The highest BCUT2D eigenvalue weighted by Gasteiger charge is 2.23. The van der Waals surface area contributed by atoms with Crippen LogP contribution in [0.1, 0.15) is 24.5 Å². The Bertz CT molecular complexity index is 447. The van der Waals surface area contributed by atoms with Crippen molar-refractivity contribution in [2.24, 2.45) is 0 Å². The first-order valence-electron chi connectivity index (χ1n) is 6.22. The van der Waals surface area contributed by atoms with Gasteiger partial charge in [0.1, 0.15) is 11.9 Å². The molecular formula is C13H17Cl2FN2O2. The molecule has 0 aliphatic carbocycles. The van der Waals surface area contributed by atoms with Crippen LogP contribution in [0.2, 0.25) is 5.02 Å². The maximum Gasteiger partial charge on any atom is 0.237 e. The molecule has 0 radical (unpaired) electrons. The number of nitrogens with one attached hydrogen (secondary N) is 2. The Morgan fingerprint density at radius 2 is 2.35 bits per heavy atom. The van der Waals surface area contributed by atoms with Crippen molar-refractivity contribution < 1.29 is 14.3 Å². The maximum atomic E-state index is 13.6. The fourth-order valence-electron chi connectivity index (χ4n) is 2.16. The summed E-state index contributed by atoms with van der Waals surface area (Å²) >= 11 is 5.84. The molecule has 1 aromatic rings. The minimum Gasteiger partial charge on any atom is -0.386 e. The molecule has 1 saturated heterocycles. The Kier molecular flexibility index (Phi) is 6.68. The normalized spacial score (nSPS) is 19.2. The fourth-order valence-corrected chi connectivity index (χ4v) is 2.45. The molecule has 20 heavy (non-hydrogen) atoms. The monoisotopic (exact) mass is 322 g/mol. The number of aliphatic hydroxyl groups is 1. The number of hydrogen-bond acceptors (Lipinski definition) is 3. The summed E-state index contributed by atoms with van der Waals surface area (Å²) in [5, 5.41) is 15.7. The van der Waals surface area contributed by atoms with Crippen molar-refractivity contribution in [3.63, 3.8) is 0 Å². The van der Waals surface area contributed by atoms with Gasteiger partial charge in [0.2, 0.25) is 5.91 Å². The van der Waals surface area contributed by atoms with E-state index in [1.54, 1.807) is 0 Å². The van der Waals surface area contributed by atoms with Gasteiger partial charge in [0, 0.05) is 17.1 Å². The van der Waals surface area contributed by atoms with Crippen molar-refractivity contribution in [1.82, 2.24) is 10.6 Å². The molecule has 2 atom stereocenters. The molecule has 1 heterocycles. The van der Waals surface area contributed by atoms with Crippen LogP contribution in [0.25, 0.3) is 0 Å². The zero-order chi connectivity index (χ0) is 13.8. The molecular weight excluding hydrogens is 306 g/mol. The van der Waals surface area contributed by atoms with Gasteiger partial charge in [-0.15, -0.1) is 12.4 Å².